The fraction of sp³-hybridized carbons (Fsp3) is 0.0698. The van der Waals surface area contributed by atoms with Crippen molar-refractivity contribution in [2.24, 2.45) is 0 Å². The van der Waals surface area contributed by atoms with Gasteiger partial charge in [0, 0.05) is 32.8 Å². The highest BCUT2D eigenvalue weighted by Gasteiger charge is 2.35. The molecule has 47 heavy (non-hydrogen) atoms. The summed E-state index contributed by atoms with van der Waals surface area (Å²) in [4.78, 5) is 9.50. The van der Waals surface area contributed by atoms with Crippen LogP contribution in [0.1, 0.15) is 25.0 Å². The van der Waals surface area contributed by atoms with E-state index in [9.17, 15) is 0 Å². The summed E-state index contributed by atoms with van der Waals surface area (Å²) >= 11 is 0. The van der Waals surface area contributed by atoms with Gasteiger partial charge in [-0.3, -0.25) is 0 Å². The van der Waals surface area contributed by atoms with Gasteiger partial charge in [-0.05, 0) is 75.8 Å². The van der Waals surface area contributed by atoms with Crippen molar-refractivity contribution in [3.63, 3.8) is 0 Å². The van der Waals surface area contributed by atoms with Crippen molar-refractivity contribution < 1.29 is 4.42 Å². The molecular weight excluding hydrogens is 574 g/mol. The molecule has 0 unspecified atom stereocenters. The van der Waals surface area contributed by atoms with Crippen molar-refractivity contribution in [2.75, 3.05) is 0 Å². The summed E-state index contributed by atoms with van der Waals surface area (Å²) in [6, 6.07) is 47.8. The largest absolute Gasteiger partial charge is 0.452 e. The molecule has 3 heterocycles. The molecule has 6 aromatic carbocycles. The van der Waals surface area contributed by atoms with Crippen LogP contribution in [0.4, 0.5) is 0 Å². The second-order valence-electron chi connectivity index (χ2n) is 13.1. The Hall–Kier alpha value is -6.00. The van der Waals surface area contributed by atoms with Crippen molar-refractivity contribution in [1.29, 1.82) is 0 Å². The first-order valence-electron chi connectivity index (χ1n) is 16.1. The number of hydrogen-bond acceptors (Lipinski definition) is 3. The van der Waals surface area contributed by atoms with Crippen LogP contribution in [0.15, 0.2) is 144 Å². The van der Waals surface area contributed by atoms with Crippen molar-refractivity contribution >= 4 is 43.9 Å². The number of aromatic nitrogens is 3. The molecule has 1 aliphatic carbocycles. The molecule has 0 bridgehead atoms. The highest BCUT2D eigenvalue weighted by Crippen LogP contribution is 2.49. The molecule has 4 nitrogen and oxygen atoms in total. The second kappa shape index (κ2) is 9.51. The third kappa shape index (κ3) is 3.70. The summed E-state index contributed by atoms with van der Waals surface area (Å²) in [6.45, 7) is 4.64. The summed E-state index contributed by atoms with van der Waals surface area (Å²) in [7, 11) is 0. The van der Waals surface area contributed by atoms with Crippen LogP contribution in [0.2, 0.25) is 0 Å². The van der Waals surface area contributed by atoms with Gasteiger partial charge in [0.2, 0.25) is 0 Å². The van der Waals surface area contributed by atoms with Gasteiger partial charge < -0.3 is 8.98 Å². The minimum absolute atomic E-state index is 0.0513. The van der Waals surface area contributed by atoms with E-state index in [2.05, 4.69) is 152 Å². The van der Waals surface area contributed by atoms with Crippen LogP contribution in [-0.2, 0) is 5.41 Å². The van der Waals surface area contributed by atoms with E-state index in [0.717, 1.165) is 39.0 Å². The lowest BCUT2D eigenvalue weighted by atomic mass is 9.81. The molecule has 0 N–H and O–H groups in total. The third-order valence-corrected chi connectivity index (χ3v) is 10.1. The molecule has 0 spiro atoms. The summed E-state index contributed by atoms with van der Waals surface area (Å²) in [5.74, 6) is 0. The van der Waals surface area contributed by atoms with Gasteiger partial charge in [-0.1, -0.05) is 105 Å². The number of rotatable bonds is 3. The van der Waals surface area contributed by atoms with Gasteiger partial charge in [-0.2, -0.15) is 0 Å². The molecule has 0 aliphatic heterocycles. The number of benzene rings is 6. The van der Waals surface area contributed by atoms with Crippen molar-refractivity contribution in [3.05, 3.63) is 151 Å². The van der Waals surface area contributed by atoms with Crippen LogP contribution in [0.5, 0.6) is 0 Å². The predicted octanol–water partition coefficient (Wildman–Crippen LogP) is 11.1. The zero-order chi connectivity index (χ0) is 31.3. The number of hydrogen-bond donors (Lipinski definition) is 0. The van der Waals surface area contributed by atoms with E-state index in [-0.39, 0.29) is 5.41 Å². The molecule has 3 aromatic heterocycles. The van der Waals surface area contributed by atoms with E-state index in [4.69, 9.17) is 14.4 Å². The van der Waals surface area contributed by atoms with Crippen molar-refractivity contribution in [2.45, 2.75) is 19.3 Å². The summed E-state index contributed by atoms with van der Waals surface area (Å²) < 4.78 is 8.84. The molecule has 0 saturated carbocycles. The maximum absolute atomic E-state index is 6.52. The molecule has 4 heteroatoms. The van der Waals surface area contributed by atoms with Gasteiger partial charge >= 0.3 is 0 Å². The summed E-state index contributed by atoms with van der Waals surface area (Å²) in [5, 5.41) is 3.47. The Bertz CT molecular complexity index is 2670. The van der Waals surface area contributed by atoms with Crippen molar-refractivity contribution in [3.8, 4) is 39.2 Å². The number of furan rings is 1. The normalized spacial score (nSPS) is 13.5. The first kappa shape index (κ1) is 26.2. The maximum atomic E-state index is 6.52. The minimum atomic E-state index is -0.0513. The smallest absolute Gasteiger partial charge is 0.180 e. The van der Waals surface area contributed by atoms with E-state index in [1.165, 1.54) is 49.6 Å². The number of para-hydroxylation sites is 2. The third-order valence-electron chi connectivity index (χ3n) is 10.1. The topological polar surface area (TPSA) is 43.9 Å². The fourth-order valence-electron chi connectivity index (χ4n) is 7.84. The Labute approximate surface area is 271 Å². The fourth-order valence-corrected chi connectivity index (χ4v) is 7.84. The van der Waals surface area contributed by atoms with Crippen LogP contribution >= 0.6 is 0 Å². The quantitative estimate of drug-likeness (QED) is 0.202. The second-order valence-corrected chi connectivity index (χ2v) is 13.1. The molecule has 0 fully saturated rings. The number of nitrogens with zero attached hydrogens (tertiary/aromatic N) is 3. The zero-order valence-electron chi connectivity index (χ0n) is 26.0. The van der Waals surface area contributed by atoms with E-state index in [1.54, 1.807) is 6.33 Å². The molecule has 222 valence electrons. The van der Waals surface area contributed by atoms with E-state index in [0.29, 0.717) is 5.58 Å². The Morgan fingerprint density at radius 1 is 0.553 bits per heavy atom. The predicted molar refractivity (Wildman–Crippen MR) is 192 cm³/mol. The first-order chi connectivity index (χ1) is 23.1. The molecule has 10 rings (SSSR count). The zero-order valence-corrected chi connectivity index (χ0v) is 26.0. The average Bonchev–Trinajstić information content (AvgIpc) is 3.74. The first-order valence-corrected chi connectivity index (χ1v) is 16.1. The van der Waals surface area contributed by atoms with Gasteiger partial charge in [0.05, 0.1) is 11.0 Å². The molecule has 0 atom stereocenters. The SMILES string of the molecule is CC1(C)c2ccccc2-c2ccc(-c3ccc4oc5c(-c6cccc(-n7c8ccccc8c8ccccc87)c6)ncnc5c4c3)cc21. The van der Waals surface area contributed by atoms with E-state index in [1.807, 2.05) is 0 Å². The molecule has 1 aliphatic rings. The van der Waals surface area contributed by atoms with Crippen LogP contribution < -0.4 is 0 Å². The highest BCUT2D eigenvalue weighted by atomic mass is 16.3. The van der Waals surface area contributed by atoms with E-state index < -0.39 is 0 Å². The molecule has 0 radical (unpaired) electrons. The molecule has 0 amide bonds. The van der Waals surface area contributed by atoms with Crippen LogP contribution in [0.25, 0.3) is 83.1 Å². The Morgan fingerprint density at radius 3 is 2.09 bits per heavy atom. The maximum Gasteiger partial charge on any atom is 0.180 e. The van der Waals surface area contributed by atoms with Crippen molar-refractivity contribution in [1.82, 2.24) is 14.5 Å². The molecular formula is C43H29N3O. The van der Waals surface area contributed by atoms with E-state index >= 15 is 0 Å². The molecule has 9 aromatic rings. The molecule has 0 saturated heterocycles. The van der Waals surface area contributed by atoms with Crippen LogP contribution in [-0.4, -0.2) is 14.5 Å². The van der Waals surface area contributed by atoms with Gasteiger partial charge in [0.25, 0.3) is 0 Å². The van der Waals surface area contributed by atoms with Gasteiger partial charge in [-0.25, -0.2) is 9.97 Å². The lowest BCUT2D eigenvalue weighted by Gasteiger charge is -2.22. The van der Waals surface area contributed by atoms with Gasteiger partial charge in [-0.15, -0.1) is 0 Å². The number of fused-ring (bicyclic) bond motifs is 9. The monoisotopic (exact) mass is 603 g/mol. The van der Waals surface area contributed by atoms with Gasteiger partial charge in [0.15, 0.2) is 5.58 Å². The Kier molecular flexibility index (Phi) is 5.31. The summed E-state index contributed by atoms with van der Waals surface area (Å²) in [6.07, 6.45) is 1.65. The lowest BCUT2D eigenvalue weighted by Crippen LogP contribution is -2.14. The standard InChI is InChI=1S/C43H29N3O/c1-43(2)35-15-6-3-12-30(35)31-20-18-27(24-36(31)43)26-19-21-39-34(23-26)41-42(47-39)40(44-25-45-41)28-10-9-11-29(22-28)46-37-16-7-4-13-32(37)33-14-5-8-17-38(33)46/h3-25H,1-2H3. The lowest BCUT2D eigenvalue weighted by molar-refractivity contribution is 0.660. The summed E-state index contributed by atoms with van der Waals surface area (Å²) in [5.41, 5.74) is 15.2. The average molecular weight is 604 g/mol. The Balaban J connectivity index is 1.10. The minimum Gasteiger partial charge on any atom is -0.452 e. The van der Waals surface area contributed by atoms with Gasteiger partial charge in [0.1, 0.15) is 23.1 Å². The highest BCUT2D eigenvalue weighted by molar-refractivity contribution is 6.10. The Morgan fingerprint density at radius 2 is 1.26 bits per heavy atom. The van der Waals surface area contributed by atoms with Crippen LogP contribution in [0.3, 0.4) is 0 Å². The van der Waals surface area contributed by atoms with Crippen LogP contribution in [0, 0.1) is 0 Å².